The molecule has 1 atom stereocenters. The first kappa shape index (κ1) is 15.2. The van der Waals surface area contributed by atoms with Crippen LogP contribution in [0.15, 0.2) is 0 Å². The van der Waals surface area contributed by atoms with E-state index in [4.69, 9.17) is 4.74 Å². The molecule has 0 aromatic carbocycles. The second-order valence-corrected chi connectivity index (χ2v) is 6.13. The molecule has 0 aliphatic heterocycles. The molecular formula is C13H23F2NO2. The summed E-state index contributed by atoms with van der Waals surface area (Å²) in [6.45, 7) is 7.22. The molecule has 18 heavy (non-hydrogen) atoms. The van der Waals surface area contributed by atoms with Crippen LogP contribution in [0.25, 0.3) is 0 Å². The highest BCUT2D eigenvalue weighted by molar-refractivity contribution is 5.68. The van der Waals surface area contributed by atoms with Gasteiger partial charge >= 0.3 is 6.09 Å². The van der Waals surface area contributed by atoms with Gasteiger partial charge in [0.15, 0.2) is 0 Å². The topological polar surface area (TPSA) is 38.3 Å². The van der Waals surface area contributed by atoms with Crippen LogP contribution >= 0.6 is 0 Å². The Kier molecular flexibility index (Phi) is 4.56. The largest absolute Gasteiger partial charge is 0.444 e. The summed E-state index contributed by atoms with van der Waals surface area (Å²) in [5, 5.41) is 2.73. The van der Waals surface area contributed by atoms with Crippen LogP contribution in [0.3, 0.4) is 0 Å². The maximum atomic E-state index is 13.0. The normalized spacial score (nSPS) is 22.3. The molecule has 0 bridgehead atoms. The smallest absolute Gasteiger partial charge is 0.407 e. The lowest BCUT2D eigenvalue weighted by Gasteiger charge is -2.32. The van der Waals surface area contributed by atoms with Gasteiger partial charge in [-0.3, -0.25) is 0 Å². The summed E-state index contributed by atoms with van der Waals surface area (Å²) in [4.78, 5) is 11.6. The molecule has 1 amide bonds. The first-order valence-corrected chi connectivity index (χ1v) is 6.46. The summed E-state index contributed by atoms with van der Waals surface area (Å²) in [6, 6.07) is -0.129. The molecule has 5 heteroatoms. The summed E-state index contributed by atoms with van der Waals surface area (Å²) in [5.41, 5.74) is -0.538. The monoisotopic (exact) mass is 263 g/mol. The Balaban J connectivity index is 2.38. The molecular weight excluding hydrogens is 240 g/mol. The van der Waals surface area contributed by atoms with E-state index in [9.17, 15) is 13.6 Å². The SMILES string of the molecule is CC(NC(=O)OC(C)(C)C)C1CCC(F)(F)CC1. The van der Waals surface area contributed by atoms with E-state index in [2.05, 4.69) is 5.32 Å². The number of rotatable bonds is 2. The van der Waals surface area contributed by atoms with Crippen LogP contribution in [-0.4, -0.2) is 23.7 Å². The Morgan fingerprint density at radius 1 is 1.33 bits per heavy atom. The van der Waals surface area contributed by atoms with E-state index in [1.165, 1.54) is 0 Å². The molecule has 1 rings (SSSR count). The first-order valence-electron chi connectivity index (χ1n) is 6.46. The van der Waals surface area contributed by atoms with Crippen LogP contribution in [0.2, 0.25) is 0 Å². The average molecular weight is 263 g/mol. The number of ether oxygens (including phenoxy) is 1. The number of alkyl halides is 2. The number of amides is 1. The Hall–Kier alpha value is -0.870. The summed E-state index contributed by atoms with van der Waals surface area (Å²) >= 11 is 0. The maximum absolute atomic E-state index is 13.0. The highest BCUT2D eigenvalue weighted by Crippen LogP contribution is 2.37. The van der Waals surface area contributed by atoms with Gasteiger partial charge in [-0.1, -0.05) is 0 Å². The Bertz CT molecular complexity index is 290. The molecule has 0 spiro atoms. The molecule has 0 saturated heterocycles. The number of halogens is 2. The van der Waals surface area contributed by atoms with Gasteiger partial charge in [0.05, 0.1) is 0 Å². The molecule has 1 fully saturated rings. The van der Waals surface area contributed by atoms with Crippen molar-refractivity contribution in [1.82, 2.24) is 5.32 Å². The number of carbonyl (C=O) groups is 1. The third kappa shape index (κ3) is 5.19. The predicted molar refractivity (Wildman–Crippen MR) is 65.7 cm³/mol. The molecule has 0 aromatic rings. The van der Waals surface area contributed by atoms with E-state index in [1.807, 2.05) is 6.92 Å². The second kappa shape index (κ2) is 5.41. The van der Waals surface area contributed by atoms with Crippen molar-refractivity contribution in [2.24, 2.45) is 5.92 Å². The van der Waals surface area contributed by atoms with Gasteiger partial charge in [-0.15, -0.1) is 0 Å². The Morgan fingerprint density at radius 3 is 2.28 bits per heavy atom. The van der Waals surface area contributed by atoms with Gasteiger partial charge in [-0.25, -0.2) is 13.6 Å². The Morgan fingerprint density at radius 2 is 1.83 bits per heavy atom. The van der Waals surface area contributed by atoms with Crippen LogP contribution in [-0.2, 0) is 4.74 Å². The molecule has 1 aliphatic rings. The third-order valence-electron chi connectivity index (χ3n) is 3.21. The fraction of sp³-hybridized carbons (Fsp3) is 0.923. The van der Waals surface area contributed by atoms with Crippen molar-refractivity contribution < 1.29 is 18.3 Å². The van der Waals surface area contributed by atoms with Crippen LogP contribution in [0, 0.1) is 5.92 Å². The maximum Gasteiger partial charge on any atom is 0.407 e. The van der Waals surface area contributed by atoms with Gasteiger partial charge < -0.3 is 10.1 Å². The number of hydrogen-bond acceptors (Lipinski definition) is 2. The molecule has 0 heterocycles. The van der Waals surface area contributed by atoms with E-state index in [0.717, 1.165) is 0 Å². The summed E-state index contributed by atoms with van der Waals surface area (Å²) in [6.07, 6.45) is 0.247. The van der Waals surface area contributed by atoms with Crippen molar-refractivity contribution in [2.45, 2.75) is 70.9 Å². The van der Waals surface area contributed by atoms with Crippen molar-refractivity contribution in [3.8, 4) is 0 Å². The zero-order valence-corrected chi connectivity index (χ0v) is 11.6. The zero-order valence-electron chi connectivity index (χ0n) is 11.6. The Labute approximate surface area is 107 Å². The second-order valence-electron chi connectivity index (χ2n) is 6.13. The van der Waals surface area contributed by atoms with E-state index >= 15 is 0 Å². The van der Waals surface area contributed by atoms with E-state index < -0.39 is 17.6 Å². The van der Waals surface area contributed by atoms with Crippen LogP contribution in [0.1, 0.15) is 53.4 Å². The van der Waals surface area contributed by atoms with Gasteiger partial charge in [0.2, 0.25) is 5.92 Å². The molecule has 1 N–H and O–H groups in total. The van der Waals surface area contributed by atoms with Gasteiger partial charge in [0, 0.05) is 18.9 Å². The lowest BCUT2D eigenvalue weighted by atomic mass is 9.83. The van der Waals surface area contributed by atoms with Crippen LogP contribution in [0.4, 0.5) is 13.6 Å². The minimum absolute atomic E-state index is 0.0853. The highest BCUT2D eigenvalue weighted by atomic mass is 19.3. The van der Waals surface area contributed by atoms with E-state index in [0.29, 0.717) is 12.8 Å². The van der Waals surface area contributed by atoms with Crippen molar-refractivity contribution in [3.63, 3.8) is 0 Å². The molecule has 1 saturated carbocycles. The lowest BCUT2D eigenvalue weighted by Crippen LogP contribution is -2.43. The predicted octanol–water partition coefficient (Wildman–Crippen LogP) is 3.73. The van der Waals surface area contributed by atoms with Crippen LogP contribution < -0.4 is 5.32 Å². The number of nitrogens with one attached hydrogen (secondary N) is 1. The summed E-state index contributed by atoms with van der Waals surface area (Å²) < 4.78 is 31.2. The summed E-state index contributed by atoms with van der Waals surface area (Å²) in [7, 11) is 0. The van der Waals surface area contributed by atoms with Gasteiger partial charge in [0.25, 0.3) is 0 Å². The lowest BCUT2D eigenvalue weighted by molar-refractivity contribution is -0.0489. The molecule has 1 unspecified atom stereocenters. The van der Waals surface area contributed by atoms with Crippen molar-refractivity contribution in [3.05, 3.63) is 0 Å². The van der Waals surface area contributed by atoms with E-state index in [-0.39, 0.29) is 24.8 Å². The molecule has 1 aliphatic carbocycles. The fourth-order valence-corrected chi connectivity index (χ4v) is 2.17. The standard InChI is InChI=1S/C13H23F2NO2/c1-9(16-11(17)18-12(2,3)4)10-5-7-13(14,15)8-6-10/h9-10H,5-8H2,1-4H3,(H,16,17). The highest BCUT2D eigenvalue weighted by Gasteiger charge is 2.37. The average Bonchev–Trinajstić information content (AvgIpc) is 2.13. The third-order valence-corrected chi connectivity index (χ3v) is 3.21. The quantitative estimate of drug-likeness (QED) is 0.824. The van der Waals surface area contributed by atoms with Crippen LogP contribution in [0.5, 0.6) is 0 Å². The van der Waals surface area contributed by atoms with Crippen molar-refractivity contribution in [1.29, 1.82) is 0 Å². The fourth-order valence-electron chi connectivity index (χ4n) is 2.17. The van der Waals surface area contributed by atoms with Gasteiger partial charge in [-0.05, 0) is 46.5 Å². The molecule has 0 aromatic heterocycles. The molecule has 106 valence electrons. The minimum atomic E-state index is -2.53. The van der Waals surface area contributed by atoms with Gasteiger partial charge in [-0.2, -0.15) is 0 Å². The molecule has 3 nitrogen and oxygen atoms in total. The van der Waals surface area contributed by atoms with Crippen molar-refractivity contribution in [2.75, 3.05) is 0 Å². The molecule has 0 radical (unpaired) electrons. The first-order chi connectivity index (χ1) is 8.09. The number of hydrogen-bond donors (Lipinski definition) is 1. The number of carbonyl (C=O) groups excluding carboxylic acids is 1. The van der Waals surface area contributed by atoms with E-state index in [1.54, 1.807) is 20.8 Å². The number of alkyl carbamates (subject to hydrolysis) is 1. The van der Waals surface area contributed by atoms with Crippen molar-refractivity contribution >= 4 is 6.09 Å². The summed E-state index contributed by atoms with van der Waals surface area (Å²) in [5.74, 6) is -2.42. The minimum Gasteiger partial charge on any atom is -0.444 e. The van der Waals surface area contributed by atoms with Gasteiger partial charge in [0.1, 0.15) is 5.60 Å². The zero-order chi connectivity index (χ0) is 14.0.